The molecule has 2 atom stereocenters. The number of hydrogen-bond donors (Lipinski definition) is 3. The van der Waals surface area contributed by atoms with Crippen molar-refractivity contribution in [1.82, 2.24) is 19.5 Å². The van der Waals surface area contributed by atoms with E-state index in [1.807, 2.05) is 26.0 Å². The van der Waals surface area contributed by atoms with Crippen molar-refractivity contribution in [3.8, 4) is 0 Å². The van der Waals surface area contributed by atoms with Gasteiger partial charge in [0.15, 0.2) is 0 Å². The van der Waals surface area contributed by atoms with E-state index >= 15 is 0 Å². The van der Waals surface area contributed by atoms with Crippen LogP contribution >= 0.6 is 0 Å². The summed E-state index contributed by atoms with van der Waals surface area (Å²) in [6.07, 6.45) is 8.71. The summed E-state index contributed by atoms with van der Waals surface area (Å²) >= 11 is 0. The summed E-state index contributed by atoms with van der Waals surface area (Å²) in [5, 5.41) is 18.0. The number of rotatable bonds is 5. The highest BCUT2D eigenvalue weighted by molar-refractivity contribution is 5.93. The fourth-order valence-corrected chi connectivity index (χ4v) is 3.63. The molecule has 0 spiro atoms. The molecule has 4 rings (SSSR count). The van der Waals surface area contributed by atoms with Gasteiger partial charge in [-0.1, -0.05) is 0 Å². The average Bonchev–Trinajstić information content (AvgIpc) is 3.07. The molecule has 2 unspecified atom stereocenters. The number of pyridine rings is 2. The van der Waals surface area contributed by atoms with Crippen LogP contribution in [0.4, 0.5) is 17.5 Å². The quantitative estimate of drug-likeness (QED) is 0.625. The minimum absolute atomic E-state index is 0.0409. The molecule has 0 saturated heterocycles. The first-order chi connectivity index (χ1) is 13.5. The van der Waals surface area contributed by atoms with Gasteiger partial charge in [0.05, 0.1) is 23.7 Å². The van der Waals surface area contributed by atoms with Crippen LogP contribution in [0, 0.1) is 0 Å². The van der Waals surface area contributed by atoms with Gasteiger partial charge in [-0.15, -0.1) is 0 Å². The smallest absolute Gasteiger partial charge is 0.262 e. The fourth-order valence-electron chi connectivity index (χ4n) is 3.63. The maximum Gasteiger partial charge on any atom is 0.262 e. The van der Waals surface area contributed by atoms with Gasteiger partial charge in [-0.05, 0) is 50.6 Å². The molecule has 0 aromatic carbocycles. The van der Waals surface area contributed by atoms with Gasteiger partial charge in [0.25, 0.3) is 5.56 Å². The van der Waals surface area contributed by atoms with Gasteiger partial charge in [0.2, 0.25) is 0 Å². The van der Waals surface area contributed by atoms with E-state index in [0.717, 1.165) is 24.6 Å². The predicted octanol–water partition coefficient (Wildman–Crippen LogP) is 2.84. The van der Waals surface area contributed by atoms with Gasteiger partial charge in [-0.2, -0.15) is 0 Å². The zero-order valence-electron chi connectivity index (χ0n) is 16.0. The minimum atomic E-state index is -0.440. The molecule has 0 amide bonds. The number of aromatic nitrogens is 4. The maximum absolute atomic E-state index is 13.1. The lowest BCUT2D eigenvalue weighted by Gasteiger charge is -2.20. The normalized spacial score (nSPS) is 19.3. The van der Waals surface area contributed by atoms with Crippen LogP contribution < -0.4 is 16.2 Å². The number of anilines is 3. The van der Waals surface area contributed by atoms with Gasteiger partial charge in [-0.25, -0.2) is 9.97 Å². The molecule has 0 bridgehead atoms. The van der Waals surface area contributed by atoms with E-state index in [2.05, 4.69) is 25.6 Å². The summed E-state index contributed by atoms with van der Waals surface area (Å²) in [4.78, 5) is 26.0. The molecule has 3 N–H and O–H groups in total. The van der Waals surface area contributed by atoms with Gasteiger partial charge < -0.3 is 20.3 Å². The Bertz CT molecular complexity index is 1030. The second kappa shape index (κ2) is 7.55. The topological polar surface area (TPSA) is 105 Å². The average molecular weight is 380 g/mol. The number of nitrogens with one attached hydrogen (secondary N) is 2. The van der Waals surface area contributed by atoms with Crippen LogP contribution in [0.3, 0.4) is 0 Å². The lowest BCUT2D eigenvalue weighted by atomic mass is 10.1. The van der Waals surface area contributed by atoms with Crippen LogP contribution in [-0.2, 0) is 0 Å². The number of nitrogens with zero attached hydrogens (tertiary/aromatic N) is 4. The molecule has 1 aliphatic carbocycles. The molecule has 1 aliphatic rings. The summed E-state index contributed by atoms with van der Waals surface area (Å²) < 4.78 is 1.69. The van der Waals surface area contributed by atoms with Crippen LogP contribution in [0.25, 0.3) is 10.8 Å². The Morgan fingerprint density at radius 2 is 2.11 bits per heavy atom. The Morgan fingerprint density at radius 1 is 1.25 bits per heavy atom. The molecule has 28 heavy (non-hydrogen) atoms. The van der Waals surface area contributed by atoms with Gasteiger partial charge in [0.1, 0.15) is 17.5 Å². The standard InChI is InChI=1S/C20H24N6O2/c1-12(2)26-9-6-13-10-16(24-17-11-21-7-8-22-17)25-19(18(13)20(26)28)23-14-4-3-5-15(14)27/h6-12,14-15,27H,3-5H2,1-2H3,(H2,22,23,24,25). The van der Waals surface area contributed by atoms with Crippen LogP contribution in [0.5, 0.6) is 0 Å². The van der Waals surface area contributed by atoms with Crippen LogP contribution in [0.15, 0.2) is 41.7 Å². The molecular formula is C20H24N6O2. The highest BCUT2D eigenvalue weighted by atomic mass is 16.3. The van der Waals surface area contributed by atoms with E-state index in [0.29, 0.717) is 22.8 Å². The van der Waals surface area contributed by atoms with Crippen molar-refractivity contribution >= 4 is 28.2 Å². The molecule has 3 heterocycles. The summed E-state index contributed by atoms with van der Waals surface area (Å²) in [5.74, 6) is 1.61. The summed E-state index contributed by atoms with van der Waals surface area (Å²) in [6.45, 7) is 3.94. The van der Waals surface area contributed by atoms with Crippen molar-refractivity contribution in [3.05, 3.63) is 47.3 Å². The van der Waals surface area contributed by atoms with Gasteiger partial charge in [0, 0.05) is 24.6 Å². The molecule has 0 aliphatic heterocycles. The van der Waals surface area contributed by atoms with Crippen molar-refractivity contribution in [1.29, 1.82) is 0 Å². The number of aliphatic hydroxyl groups excluding tert-OH is 1. The highest BCUT2D eigenvalue weighted by Gasteiger charge is 2.26. The molecule has 1 saturated carbocycles. The second-order valence-corrected chi connectivity index (χ2v) is 7.41. The fraction of sp³-hybridized carbons (Fsp3) is 0.400. The molecule has 8 nitrogen and oxygen atoms in total. The van der Waals surface area contributed by atoms with E-state index in [9.17, 15) is 9.90 Å². The first-order valence-corrected chi connectivity index (χ1v) is 9.56. The Labute approximate surface area is 162 Å². The van der Waals surface area contributed by atoms with E-state index in [4.69, 9.17) is 0 Å². The summed E-state index contributed by atoms with van der Waals surface area (Å²) in [5.41, 5.74) is -0.0963. The van der Waals surface area contributed by atoms with E-state index in [1.54, 1.807) is 29.4 Å². The zero-order valence-corrected chi connectivity index (χ0v) is 16.0. The van der Waals surface area contributed by atoms with Crippen LogP contribution in [0.2, 0.25) is 0 Å². The maximum atomic E-state index is 13.1. The second-order valence-electron chi connectivity index (χ2n) is 7.41. The summed E-state index contributed by atoms with van der Waals surface area (Å²) in [6, 6.07) is 3.66. The Kier molecular flexibility index (Phi) is 4.95. The van der Waals surface area contributed by atoms with Gasteiger partial charge in [-0.3, -0.25) is 9.78 Å². The van der Waals surface area contributed by atoms with Crippen molar-refractivity contribution in [2.24, 2.45) is 0 Å². The van der Waals surface area contributed by atoms with E-state index in [-0.39, 0.29) is 17.6 Å². The largest absolute Gasteiger partial charge is 0.391 e. The van der Waals surface area contributed by atoms with Crippen molar-refractivity contribution in [2.45, 2.75) is 51.3 Å². The first kappa shape index (κ1) is 18.4. The molecule has 146 valence electrons. The third-order valence-electron chi connectivity index (χ3n) is 5.09. The first-order valence-electron chi connectivity index (χ1n) is 9.56. The molecular weight excluding hydrogens is 356 g/mol. The lowest BCUT2D eigenvalue weighted by Crippen LogP contribution is -2.30. The Balaban J connectivity index is 1.82. The van der Waals surface area contributed by atoms with Crippen LogP contribution in [0.1, 0.15) is 39.2 Å². The predicted molar refractivity (Wildman–Crippen MR) is 109 cm³/mol. The van der Waals surface area contributed by atoms with Gasteiger partial charge >= 0.3 is 0 Å². The van der Waals surface area contributed by atoms with Crippen molar-refractivity contribution in [3.63, 3.8) is 0 Å². The molecule has 3 aromatic rings. The monoisotopic (exact) mass is 380 g/mol. The van der Waals surface area contributed by atoms with E-state index in [1.165, 1.54) is 0 Å². The number of fused-ring (bicyclic) bond motifs is 1. The molecule has 3 aromatic heterocycles. The molecule has 1 fully saturated rings. The minimum Gasteiger partial charge on any atom is -0.391 e. The Morgan fingerprint density at radius 3 is 2.79 bits per heavy atom. The highest BCUT2D eigenvalue weighted by Crippen LogP contribution is 2.28. The number of hydrogen-bond acceptors (Lipinski definition) is 7. The number of aliphatic hydroxyl groups is 1. The lowest BCUT2D eigenvalue weighted by molar-refractivity contribution is 0.171. The zero-order chi connectivity index (χ0) is 19.7. The van der Waals surface area contributed by atoms with E-state index < -0.39 is 6.10 Å². The molecule has 8 heteroatoms. The van der Waals surface area contributed by atoms with Crippen molar-refractivity contribution < 1.29 is 5.11 Å². The summed E-state index contributed by atoms with van der Waals surface area (Å²) in [7, 11) is 0. The van der Waals surface area contributed by atoms with Crippen molar-refractivity contribution in [2.75, 3.05) is 10.6 Å². The Hall–Kier alpha value is -3.00. The third-order valence-corrected chi connectivity index (χ3v) is 5.09. The SMILES string of the molecule is CC(C)n1ccc2cc(Nc3cnccn3)nc(NC3CCCC3O)c2c1=O. The molecule has 0 radical (unpaired) electrons. The third kappa shape index (κ3) is 3.55. The van der Waals surface area contributed by atoms with Crippen LogP contribution in [-0.4, -0.2) is 36.8 Å².